The zero-order valence-corrected chi connectivity index (χ0v) is 18.4. The van der Waals surface area contributed by atoms with Gasteiger partial charge in [0.2, 0.25) is 0 Å². The maximum absolute atomic E-state index is 8.95. The Bertz CT molecular complexity index is 1130. The number of benzene rings is 2. The minimum absolute atomic E-state index is 0.0960. The molecule has 4 bridgehead atoms. The molecule has 0 spiro atoms. The molecule has 5 unspecified atom stereocenters. The molecule has 31 heavy (non-hydrogen) atoms. The second-order valence-electron chi connectivity index (χ2n) is 10.5. The van der Waals surface area contributed by atoms with Crippen LogP contribution in [0.2, 0.25) is 0 Å². The molecule has 158 valence electrons. The zero-order chi connectivity index (χ0) is 21.8. The molecule has 4 aliphatic rings. The van der Waals surface area contributed by atoms with Crippen LogP contribution in [-0.2, 0) is 5.41 Å². The van der Waals surface area contributed by atoms with E-state index in [0.29, 0.717) is 28.7 Å². The third kappa shape index (κ3) is 3.09. The van der Waals surface area contributed by atoms with Crippen LogP contribution in [0, 0.1) is 54.1 Å². The highest BCUT2D eigenvalue weighted by atomic mass is 16.5. The fourth-order valence-corrected chi connectivity index (χ4v) is 7.74. The van der Waals surface area contributed by atoms with Crippen molar-refractivity contribution in [2.24, 2.45) is 17.3 Å². The maximum atomic E-state index is 8.95. The van der Waals surface area contributed by atoms with E-state index < -0.39 is 0 Å². The van der Waals surface area contributed by atoms with Crippen molar-refractivity contribution in [3.63, 3.8) is 0 Å². The van der Waals surface area contributed by atoms with Crippen molar-refractivity contribution in [3.05, 3.63) is 58.7 Å². The van der Waals surface area contributed by atoms with Crippen LogP contribution in [0.4, 0.5) is 0 Å². The lowest BCUT2D eigenvalue weighted by Gasteiger charge is -2.65. The van der Waals surface area contributed by atoms with Gasteiger partial charge in [0.15, 0.2) is 0 Å². The molecule has 0 N–H and O–H groups in total. The molecule has 0 amide bonds. The van der Waals surface area contributed by atoms with Gasteiger partial charge in [0.05, 0.1) is 0 Å². The summed E-state index contributed by atoms with van der Waals surface area (Å²) in [7, 11) is 0. The molecule has 6 rings (SSSR count). The molecule has 0 heterocycles. The van der Waals surface area contributed by atoms with Gasteiger partial charge in [-0.3, -0.25) is 0 Å². The molecule has 4 heteroatoms. The molecule has 5 atom stereocenters. The number of nitriles is 2. The number of hydrogen-bond donors (Lipinski definition) is 0. The first kappa shape index (κ1) is 20.0. The van der Waals surface area contributed by atoms with Crippen molar-refractivity contribution in [1.29, 1.82) is 10.5 Å². The topological polar surface area (TPSA) is 66.0 Å². The van der Waals surface area contributed by atoms with Gasteiger partial charge in [-0.25, -0.2) is 0 Å². The molecule has 4 fully saturated rings. The fourth-order valence-electron chi connectivity index (χ4n) is 7.74. The summed E-state index contributed by atoms with van der Waals surface area (Å²) in [4.78, 5) is 0. The average molecular weight is 413 g/mol. The Morgan fingerprint density at radius 3 is 2.19 bits per heavy atom. The van der Waals surface area contributed by atoms with Gasteiger partial charge in [0.1, 0.15) is 11.5 Å². The lowest BCUT2D eigenvalue weighted by Crippen LogP contribution is -2.57. The van der Waals surface area contributed by atoms with Gasteiger partial charge in [0.25, 0.3) is 12.5 Å². The summed E-state index contributed by atoms with van der Waals surface area (Å²) in [6.07, 6.45) is 9.98. The summed E-state index contributed by atoms with van der Waals surface area (Å²) >= 11 is 0. The SMILES string of the molecule is Cc1cc(C2C3CC4CC(C)(C3)CC2(c2ccc(OC#N)c(C)c2)C4)ccc1OC#N. The molecular formula is C27H28N2O2. The summed E-state index contributed by atoms with van der Waals surface area (Å²) in [5.41, 5.74) is 5.28. The van der Waals surface area contributed by atoms with E-state index in [0.717, 1.165) is 17.0 Å². The van der Waals surface area contributed by atoms with Crippen LogP contribution < -0.4 is 9.47 Å². The first-order valence-electron chi connectivity index (χ1n) is 11.2. The molecule has 0 aromatic heterocycles. The first-order valence-corrected chi connectivity index (χ1v) is 11.2. The summed E-state index contributed by atoms with van der Waals surface area (Å²) in [6.45, 7) is 6.55. The van der Waals surface area contributed by atoms with Crippen molar-refractivity contribution in [2.75, 3.05) is 0 Å². The number of aryl methyl sites for hydroxylation is 2. The van der Waals surface area contributed by atoms with Crippen LogP contribution >= 0.6 is 0 Å². The lowest BCUT2D eigenvalue weighted by atomic mass is 9.39. The lowest BCUT2D eigenvalue weighted by molar-refractivity contribution is -0.0799. The van der Waals surface area contributed by atoms with Crippen molar-refractivity contribution >= 4 is 0 Å². The zero-order valence-electron chi connectivity index (χ0n) is 18.4. The Morgan fingerprint density at radius 2 is 1.58 bits per heavy atom. The Kier molecular flexibility index (Phi) is 4.52. The van der Waals surface area contributed by atoms with E-state index in [-0.39, 0.29) is 5.41 Å². The second kappa shape index (κ2) is 7.03. The number of hydrogen-bond acceptors (Lipinski definition) is 4. The fraction of sp³-hybridized carbons (Fsp3) is 0.481. The minimum Gasteiger partial charge on any atom is -0.388 e. The molecule has 2 aromatic carbocycles. The molecule has 0 aliphatic heterocycles. The van der Waals surface area contributed by atoms with E-state index in [2.05, 4.69) is 31.2 Å². The molecule has 0 radical (unpaired) electrons. The van der Waals surface area contributed by atoms with Crippen LogP contribution in [0.5, 0.6) is 11.5 Å². The summed E-state index contributed by atoms with van der Waals surface area (Å²) in [6, 6.07) is 12.8. The highest BCUT2D eigenvalue weighted by Crippen LogP contribution is 2.70. The minimum atomic E-state index is 0.0960. The third-order valence-electron chi connectivity index (χ3n) is 8.25. The van der Waals surface area contributed by atoms with Crippen LogP contribution in [-0.4, -0.2) is 0 Å². The average Bonchev–Trinajstić information content (AvgIpc) is 2.70. The van der Waals surface area contributed by atoms with E-state index in [1.165, 1.54) is 43.2 Å². The molecule has 4 aliphatic carbocycles. The summed E-state index contributed by atoms with van der Waals surface area (Å²) in [5.74, 6) is 3.20. The van der Waals surface area contributed by atoms with Crippen LogP contribution in [0.3, 0.4) is 0 Å². The smallest absolute Gasteiger partial charge is 0.292 e. The molecule has 2 aromatic rings. The highest BCUT2D eigenvalue weighted by Gasteiger charge is 2.61. The van der Waals surface area contributed by atoms with Gasteiger partial charge in [-0.15, -0.1) is 10.5 Å². The Morgan fingerprint density at radius 1 is 0.903 bits per heavy atom. The predicted molar refractivity (Wildman–Crippen MR) is 117 cm³/mol. The molecule has 4 saturated carbocycles. The van der Waals surface area contributed by atoms with Gasteiger partial charge < -0.3 is 9.47 Å². The van der Waals surface area contributed by atoms with Crippen LogP contribution in [0.1, 0.15) is 67.2 Å². The van der Waals surface area contributed by atoms with E-state index in [1.807, 2.05) is 32.2 Å². The number of ether oxygens (including phenoxy) is 2. The quantitative estimate of drug-likeness (QED) is 0.555. The maximum Gasteiger partial charge on any atom is 0.292 e. The Labute approximate surface area is 184 Å². The summed E-state index contributed by atoms with van der Waals surface area (Å²) < 4.78 is 10.3. The largest absolute Gasteiger partial charge is 0.388 e. The van der Waals surface area contributed by atoms with Gasteiger partial charge in [-0.05, 0) is 104 Å². The number of nitrogens with zero attached hydrogens (tertiary/aromatic N) is 2. The molecule has 4 nitrogen and oxygen atoms in total. The van der Waals surface area contributed by atoms with E-state index >= 15 is 0 Å². The van der Waals surface area contributed by atoms with Crippen molar-refractivity contribution in [3.8, 4) is 24.0 Å². The first-order chi connectivity index (χ1) is 14.9. The van der Waals surface area contributed by atoms with Gasteiger partial charge >= 0.3 is 0 Å². The van der Waals surface area contributed by atoms with Gasteiger partial charge in [0, 0.05) is 5.41 Å². The van der Waals surface area contributed by atoms with E-state index in [1.54, 1.807) is 6.26 Å². The Hall–Kier alpha value is -2.98. The van der Waals surface area contributed by atoms with Crippen LogP contribution in [0.15, 0.2) is 36.4 Å². The third-order valence-corrected chi connectivity index (χ3v) is 8.25. The monoisotopic (exact) mass is 412 g/mol. The molecular weight excluding hydrogens is 384 g/mol. The normalized spacial score (nSPS) is 32.9. The second-order valence-corrected chi connectivity index (χ2v) is 10.5. The molecule has 0 saturated heterocycles. The van der Waals surface area contributed by atoms with Crippen molar-refractivity contribution in [1.82, 2.24) is 0 Å². The van der Waals surface area contributed by atoms with Gasteiger partial charge in [-0.2, -0.15) is 0 Å². The van der Waals surface area contributed by atoms with Crippen molar-refractivity contribution in [2.45, 2.75) is 64.2 Å². The van der Waals surface area contributed by atoms with E-state index in [9.17, 15) is 0 Å². The van der Waals surface area contributed by atoms with Gasteiger partial charge in [-0.1, -0.05) is 31.2 Å². The number of rotatable bonds is 4. The predicted octanol–water partition coefficient (Wildman–Crippen LogP) is 6.27. The van der Waals surface area contributed by atoms with Crippen molar-refractivity contribution < 1.29 is 9.47 Å². The summed E-state index contributed by atoms with van der Waals surface area (Å²) in [5, 5.41) is 17.9. The van der Waals surface area contributed by atoms with Crippen LogP contribution in [0.25, 0.3) is 0 Å². The Balaban J connectivity index is 1.64. The standard InChI is InChI=1S/C27H28N2O2/c1-17-8-20(4-6-23(17)30-15-28)25-21-10-19-11-26(3,13-21)14-27(25,12-19)22-5-7-24(31-16-29)18(2)9-22/h4-9,19,21,25H,10-14H2,1-3H3. The van der Waals surface area contributed by atoms with E-state index in [4.69, 9.17) is 20.0 Å². The highest BCUT2D eigenvalue weighted by molar-refractivity contribution is 5.47.